The van der Waals surface area contributed by atoms with Crippen molar-refractivity contribution < 1.29 is 4.74 Å². The van der Waals surface area contributed by atoms with E-state index in [0.717, 1.165) is 21.4 Å². The molecule has 6 heteroatoms. The van der Waals surface area contributed by atoms with E-state index in [1.165, 1.54) is 11.3 Å². The van der Waals surface area contributed by atoms with Crippen LogP contribution in [0.2, 0.25) is 0 Å². The molecule has 0 unspecified atom stereocenters. The van der Waals surface area contributed by atoms with Crippen LogP contribution < -0.4 is 10.1 Å². The van der Waals surface area contributed by atoms with E-state index in [-0.39, 0.29) is 0 Å². The molecule has 0 aliphatic rings. The van der Waals surface area contributed by atoms with Crippen molar-refractivity contribution in [3.8, 4) is 23.1 Å². The third-order valence-corrected chi connectivity index (χ3v) is 4.82. The minimum absolute atomic E-state index is 0.470. The van der Waals surface area contributed by atoms with Gasteiger partial charge in [-0.25, -0.2) is 4.98 Å². The number of halogens is 1. The second-order valence-corrected chi connectivity index (χ2v) is 6.84. The van der Waals surface area contributed by atoms with Crippen LogP contribution in [-0.2, 0) is 0 Å². The van der Waals surface area contributed by atoms with E-state index in [1.807, 2.05) is 53.9 Å². The Hall–Kier alpha value is -2.62. The first kappa shape index (κ1) is 17.2. The molecule has 4 nitrogen and oxygen atoms in total. The van der Waals surface area contributed by atoms with Crippen LogP contribution in [0, 0.1) is 11.3 Å². The highest BCUT2D eigenvalue weighted by atomic mass is 79.9. The molecule has 0 saturated carbocycles. The number of nitrogens with one attached hydrogen (secondary N) is 1. The summed E-state index contributed by atoms with van der Waals surface area (Å²) in [6.07, 6.45) is 1.65. The van der Waals surface area contributed by atoms with Gasteiger partial charge < -0.3 is 10.1 Å². The second kappa shape index (κ2) is 7.97. The first-order valence-electron chi connectivity index (χ1n) is 7.43. The molecule has 0 aliphatic heterocycles. The van der Waals surface area contributed by atoms with Gasteiger partial charge in [-0.3, -0.25) is 0 Å². The third-order valence-electron chi connectivity index (χ3n) is 3.45. The number of rotatable bonds is 5. The van der Waals surface area contributed by atoms with Crippen molar-refractivity contribution >= 4 is 38.5 Å². The number of ether oxygens (including phenoxy) is 1. The minimum atomic E-state index is 0.470. The highest BCUT2D eigenvalue weighted by molar-refractivity contribution is 9.10. The fraction of sp³-hybridized carbons (Fsp3) is 0.0526. The quantitative estimate of drug-likeness (QED) is 0.558. The van der Waals surface area contributed by atoms with Gasteiger partial charge in [0.2, 0.25) is 0 Å². The number of methoxy groups -OCH3 is 1. The predicted molar refractivity (Wildman–Crippen MR) is 105 cm³/mol. The number of nitriles is 1. The monoisotopic (exact) mass is 411 g/mol. The number of hydrogen-bond acceptors (Lipinski definition) is 5. The Kier molecular flexibility index (Phi) is 5.49. The van der Waals surface area contributed by atoms with Gasteiger partial charge >= 0.3 is 0 Å². The minimum Gasteiger partial charge on any atom is -0.495 e. The lowest BCUT2D eigenvalue weighted by atomic mass is 10.2. The van der Waals surface area contributed by atoms with Crippen molar-refractivity contribution in [2.75, 3.05) is 12.4 Å². The fourth-order valence-corrected chi connectivity index (χ4v) is 3.43. The zero-order valence-electron chi connectivity index (χ0n) is 13.4. The molecule has 0 spiro atoms. The molecular formula is C19H14BrN3OS. The lowest BCUT2D eigenvalue weighted by Crippen LogP contribution is -1.94. The van der Waals surface area contributed by atoms with Crippen LogP contribution in [0.1, 0.15) is 5.01 Å². The number of hydrogen-bond donors (Lipinski definition) is 1. The van der Waals surface area contributed by atoms with E-state index >= 15 is 0 Å². The van der Waals surface area contributed by atoms with Crippen molar-refractivity contribution in [2.24, 2.45) is 0 Å². The molecule has 0 atom stereocenters. The molecule has 0 bridgehead atoms. The first-order chi connectivity index (χ1) is 12.2. The number of allylic oxidation sites excluding steroid dienone is 1. The molecular weight excluding hydrogens is 398 g/mol. The van der Waals surface area contributed by atoms with Crippen molar-refractivity contribution in [1.82, 2.24) is 4.98 Å². The van der Waals surface area contributed by atoms with E-state index < -0.39 is 0 Å². The Balaban J connectivity index is 1.85. The summed E-state index contributed by atoms with van der Waals surface area (Å²) in [5.74, 6) is 0.713. The Bertz CT molecular complexity index is 959. The summed E-state index contributed by atoms with van der Waals surface area (Å²) in [4.78, 5) is 4.58. The van der Waals surface area contributed by atoms with Crippen LogP contribution in [0.15, 0.2) is 64.6 Å². The lowest BCUT2D eigenvalue weighted by molar-refractivity contribution is 0.417. The molecule has 0 saturated heterocycles. The number of thiazole rings is 1. The van der Waals surface area contributed by atoms with Crippen LogP contribution in [0.3, 0.4) is 0 Å². The van der Waals surface area contributed by atoms with Crippen molar-refractivity contribution in [3.63, 3.8) is 0 Å². The van der Waals surface area contributed by atoms with Crippen LogP contribution in [-0.4, -0.2) is 12.1 Å². The number of para-hydroxylation sites is 2. The molecule has 2 aromatic carbocycles. The van der Waals surface area contributed by atoms with Crippen LogP contribution in [0.5, 0.6) is 5.75 Å². The molecule has 3 rings (SSSR count). The molecule has 0 amide bonds. The number of nitrogens with zero attached hydrogens (tertiary/aromatic N) is 2. The molecule has 1 aromatic heterocycles. The van der Waals surface area contributed by atoms with Gasteiger partial charge in [-0.1, -0.05) is 40.2 Å². The summed E-state index contributed by atoms with van der Waals surface area (Å²) in [5, 5.41) is 15.2. The summed E-state index contributed by atoms with van der Waals surface area (Å²) in [6, 6.07) is 17.7. The van der Waals surface area contributed by atoms with Gasteiger partial charge in [0, 0.05) is 21.6 Å². The number of benzene rings is 2. The summed E-state index contributed by atoms with van der Waals surface area (Å²) < 4.78 is 6.29. The fourth-order valence-electron chi connectivity index (χ4n) is 2.23. The molecule has 3 aromatic rings. The maximum absolute atomic E-state index is 9.48. The van der Waals surface area contributed by atoms with E-state index in [1.54, 1.807) is 13.3 Å². The maximum Gasteiger partial charge on any atom is 0.142 e. The van der Waals surface area contributed by atoms with E-state index in [2.05, 4.69) is 32.3 Å². The lowest BCUT2D eigenvalue weighted by Gasteiger charge is -2.07. The highest BCUT2D eigenvalue weighted by Crippen LogP contribution is 2.28. The standard InChI is InChI=1S/C19H14BrN3OS/c1-24-18-8-3-2-7-16(18)22-11-14(10-21)19-23-17(12-25-19)13-5-4-6-15(20)9-13/h2-9,11-12,22H,1H3/b14-11-. The Labute approximate surface area is 158 Å². The predicted octanol–water partition coefficient (Wildman–Crippen LogP) is 5.56. The Morgan fingerprint density at radius 2 is 2.12 bits per heavy atom. The topological polar surface area (TPSA) is 57.9 Å². The molecule has 25 heavy (non-hydrogen) atoms. The van der Waals surface area contributed by atoms with Gasteiger partial charge in [-0.05, 0) is 24.3 Å². The normalized spacial score (nSPS) is 11.0. The zero-order chi connectivity index (χ0) is 17.6. The average Bonchev–Trinajstić information content (AvgIpc) is 3.12. The van der Waals surface area contributed by atoms with Crippen LogP contribution in [0.25, 0.3) is 16.8 Å². The largest absolute Gasteiger partial charge is 0.495 e. The van der Waals surface area contributed by atoms with Gasteiger partial charge in [0.15, 0.2) is 0 Å². The highest BCUT2D eigenvalue weighted by Gasteiger charge is 2.09. The van der Waals surface area contributed by atoms with Gasteiger partial charge in [0.05, 0.1) is 18.5 Å². The van der Waals surface area contributed by atoms with Crippen molar-refractivity contribution in [1.29, 1.82) is 5.26 Å². The molecule has 1 heterocycles. The smallest absolute Gasteiger partial charge is 0.142 e. The zero-order valence-corrected chi connectivity index (χ0v) is 15.8. The van der Waals surface area contributed by atoms with E-state index in [9.17, 15) is 5.26 Å². The van der Waals surface area contributed by atoms with Gasteiger partial charge in [-0.15, -0.1) is 11.3 Å². The SMILES string of the molecule is COc1ccccc1N/C=C(/C#N)c1nc(-c2cccc(Br)c2)cs1. The van der Waals surface area contributed by atoms with Crippen LogP contribution >= 0.6 is 27.3 Å². The second-order valence-electron chi connectivity index (χ2n) is 5.06. The molecule has 124 valence electrons. The van der Waals surface area contributed by atoms with Crippen LogP contribution in [0.4, 0.5) is 5.69 Å². The van der Waals surface area contributed by atoms with Gasteiger partial charge in [0.25, 0.3) is 0 Å². The van der Waals surface area contributed by atoms with E-state index in [0.29, 0.717) is 16.3 Å². The molecule has 0 fully saturated rings. The van der Waals surface area contributed by atoms with E-state index in [4.69, 9.17) is 4.74 Å². The van der Waals surface area contributed by atoms with Crippen molar-refractivity contribution in [3.05, 3.63) is 69.6 Å². The Morgan fingerprint density at radius 1 is 1.28 bits per heavy atom. The maximum atomic E-state index is 9.48. The third kappa shape index (κ3) is 4.08. The first-order valence-corrected chi connectivity index (χ1v) is 9.10. The molecule has 1 N–H and O–H groups in total. The van der Waals surface area contributed by atoms with Gasteiger partial charge in [-0.2, -0.15) is 5.26 Å². The number of aromatic nitrogens is 1. The summed E-state index contributed by atoms with van der Waals surface area (Å²) in [7, 11) is 1.61. The summed E-state index contributed by atoms with van der Waals surface area (Å²) in [6.45, 7) is 0. The summed E-state index contributed by atoms with van der Waals surface area (Å²) in [5.41, 5.74) is 3.12. The molecule has 0 radical (unpaired) electrons. The van der Waals surface area contributed by atoms with Crippen molar-refractivity contribution in [2.45, 2.75) is 0 Å². The van der Waals surface area contributed by atoms with Gasteiger partial charge in [0.1, 0.15) is 22.4 Å². The number of anilines is 1. The summed E-state index contributed by atoms with van der Waals surface area (Å²) >= 11 is 4.90. The Morgan fingerprint density at radius 3 is 2.88 bits per heavy atom. The molecule has 0 aliphatic carbocycles. The average molecular weight is 412 g/mol.